The van der Waals surface area contributed by atoms with Crippen LogP contribution in [0.2, 0.25) is 0 Å². The molecule has 6 heteroatoms. The molecule has 0 aliphatic carbocycles. The highest BCUT2D eigenvalue weighted by Gasteiger charge is 2.25. The second-order valence-corrected chi connectivity index (χ2v) is 8.60. The number of likely N-dealkylation sites (N-methyl/N-ethyl adjacent to an activating group) is 1. The molecule has 0 saturated carbocycles. The van der Waals surface area contributed by atoms with Crippen molar-refractivity contribution in [1.29, 1.82) is 0 Å². The van der Waals surface area contributed by atoms with E-state index in [1.165, 1.54) is 15.9 Å². The Morgan fingerprint density at radius 1 is 0.929 bits per heavy atom. The summed E-state index contributed by atoms with van der Waals surface area (Å²) < 4.78 is 27.3. The first kappa shape index (κ1) is 22.1. The van der Waals surface area contributed by atoms with Gasteiger partial charge < -0.3 is 4.90 Å². The average molecular weight is 403 g/mol. The normalized spacial score (nSPS) is 11.6. The molecule has 152 valence electrons. The van der Waals surface area contributed by atoms with E-state index in [1.54, 1.807) is 24.0 Å². The maximum atomic E-state index is 13.0. The Morgan fingerprint density at radius 2 is 1.57 bits per heavy atom. The molecule has 0 unspecified atom stereocenters. The molecule has 0 saturated heterocycles. The number of hydrogen-bond acceptors (Lipinski definition) is 3. The summed E-state index contributed by atoms with van der Waals surface area (Å²) in [6.07, 6.45) is 0.761. The zero-order valence-corrected chi connectivity index (χ0v) is 18.0. The van der Waals surface area contributed by atoms with Crippen LogP contribution in [0.5, 0.6) is 0 Å². The van der Waals surface area contributed by atoms with Gasteiger partial charge in [0.1, 0.15) is 0 Å². The Bertz CT molecular complexity index is 891. The van der Waals surface area contributed by atoms with Crippen molar-refractivity contribution in [3.63, 3.8) is 0 Å². The van der Waals surface area contributed by atoms with Crippen molar-refractivity contribution < 1.29 is 13.2 Å². The molecule has 0 heterocycles. The predicted molar refractivity (Wildman–Crippen MR) is 113 cm³/mol. The Morgan fingerprint density at radius 3 is 2.14 bits per heavy atom. The highest BCUT2D eigenvalue weighted by molar-refractivity contribution is 7.89. The van der Waals surface area contributed by atoms with Crippen molar-refractivity contribution in [3.05, 3.63) is 65.2 Å². The highest BCUT2D eigenvalue weighted by Crippen LogP contribution is 2.22. The van der Waals surface area contributed by atoms with Crippen LogP contribution in [-0.4, -0.2) is 49.7 Å². The molecule has 0 aliphatic rings. The summed E-state index contributed by atoms with van der Waals surface area (Å²) in [4.78, 5) is 15.0. The van der Waals surface area contributed by atoms with E-state index in [2.05, 4.69) is 0 Å². The number of nitrogens with zero attached hydrogens (tertiary/aromatic N) is 2. The molecular weight excluding hydrogens is 372 g/mol. The van der Waals surface area contributed by atoms with Crippen LogP contribution < -0.4 is 0 Å². The van der Waals surface area contributed by atoms with Crippen LogP contribution in [0.3, 0.4) is 0 Å². The van der Waals surface area contributed by atoms with Crippen molar-refractivity contribution in [3.8, 4) is 0 Å². The van der Waals surface area contributed by atoms with Crippen LogP contribution in [0, 0.1) is 6.92 Å². The van der Waals surface area contributed by atoms with E-state index < -0.39 is 10.0 Å². The van der Waals surface area contributed by atoms with Gasteiger partial charge in [-0.05, 0) is 43.5 Å². The number of carbonyl (C=O) groups excluding carboxylic acids is 1. The summed E-state index contributed by atoms with van der Waals surface area (Å²) in [5.74, 6) is -0.144. The van der Waals surface area contributed by atoms with Crippen molar-refractivity contribution >= 4 is 15.9 Å². The molecule has 0 fully saturated rings. The maximum Gasteiger partial charge on any atom is 0.253 e. The topological polar surface area (TPSA) is 57.7 Å². The third-order valence-corrected chi connectivity index (χ3v) is 7.13. The van der Waals surface area contributed by atoms with E-state index in [0.29, 0.717) is 37.3 Å². The first-order chi connectivity index (χ1) is 13.3. The average Bonchev–Trinajstić information content (AvgIpc) is 2.70. The minimum atomic E-state index is -3.61. The minimum Gasteiger partial charge on any atom is -0.339 e. The van der Waals surface area contributed by atoms with Gasteiger partial charge in [0.15, 0.2) is 0 Å². The molecule has 0 bridgehead atoms. The Hall–Kier alpha value is -2.18. The number of sulfonamides is 1. The lowest BCUT2D eigenvalue weighted by Gasteiger charge is -2.23. The fourth-order valence-corrected chi connectivity index (χ4v) is 4.92. The standard InChI is InChI=1S/C22H30N2O3S/c1-5-23(16-15-19-11-9-8-10-12-19)22(25)20-14-13-18(4)21(17-20)28(26,27)24(6-2)7-3/h8-14,17H,5-7,15-16H2,1-4H3. The number of aryl methyl sites for hydroxylation is 1. The first-order valence-corrected chi connectivity index (χ1v) is 11.2. The van der Waals surface area contributed by atoms with Crippen LogP contribution in [-0.2, 0) is 16.4 Å². The van der Waals surface area contributed by atoms with Crippen molar-refractivity contribution in [2.45, 2.75) is 39.0 Å². The highest BCUT2D eigenvalue weighted by atomic mass is 32.2. The summed E-state index contributed by atoms with van der Waals surface area (Å²) in [6, 6.07) is 15.0. The molecule has 28 heavy (non-hydrogen) atoms. The van der Waals surface area contributed by atoms with Crippen LogP contribution in [0.4, 0.5) is 0 Å². The monoisotopic (exact) mass is 402 g/mol. The third-order valence-electron chi connectivity index (χ3n) is 4.94. The zero-order chi connectivity index (χ0) is 20.7. The second kappa shape index (κ2) is 9.85. The van der Waals surface area contributed by atoms with Crippen molar-refractivity contribution in [2.24, 2.45) is 0 Å². The van der Waals surface area contributed by atoms with E-state index in [-0.39, 0.29) is 10.8 Å². The maximum absolute atomic E-state index is 13.0. The van der Waals surface area contributed by atoms with Crippen molar-refractivity contribution in [2.75, 3.05) is 26.2 Å². The quantitative estimate of drug-likeness (QED) is 0.642. The number of carbonyl (C=O) groups is 1. The molecule has 1 amide bonds. The summed E-state index contributed by atoms with van der Waals surface area (Å²) >= 11 is 0. The minimum absolute atomic E-state index is 0.144. The van der Waals surface area contributed by atoms with E-state index in [1.807, 2.05) is 51.1 Å². The van der Waals surface area contributed by atoms with E-state index in [0.717, 1.165) is 6.42 Å². The molecule has 2 aromatic rings. The lowest BCUT2D eigenvalue weighted by atomic mass is 10.1. The largest absolute Gasteiger partial charge is 0.339 e. The Labute approximate surface area is 169 Å². The second-order valence-electron chi connectivity index (χ2n) is 6.69. The zero-order valence-electron chi connectivity index (χ0n) is 17.2. The molecule has 0 N–H and O–H groups in total. The van der Waals surface area contributed by atoms with Crippen LogP contribution in [0.15, 0.2) is 53.4 Å². The summed E-state index contributed by atoms with van der Waals surface area (Å²) in [5, 5.41) is 0. The number of amides is 1. The van der Waals surface area contributed by atoms with Gasteiger partial charge in [0, 0.05) is 31.7 Å². The Kier molecular flexibility index (Phi) is 7.78. The number of hydrogen-bond donors (Lipinski definition) is 0. The fourth-order valence-electron chi connectivity index (χ4n) is 3.21. The van der Waals surface area contributed by atoms with Gasteiger partial charge >= 0.3 is 0 Å². The van der Waals surface area contributed by atoms with Crippen LogP contribution >= 0.6 is 0 Å². The summed E-state index contributed by atoms with van der Waals surface area (Å²) in [5.41, 5.74) is 2.23. The van der Waals surface area contributed by atoms with Gasteiger partial charge in [0.25, 0.3) is 5.91 Å². The molecule has 0 radical (unpaired) electrons. The summed E-state index contributed by atoms with van der Waals surface area (Å²) in [6.45, 7) is 9.27. The van der Waals surface area contributed by atoms with Crippen LogP contribution in [0.1, 0.15) is 42.3 Å². The molecule has 0 spiro atoms. The third kappa shape index (κ3) is 5.00. The lowest BCUT2D eigenvalue weighted by molar-refractivity contribution is 0.0766. The lowest BCUT2D eigenvalue weighted by Crippen LogP contribution is -2.34. The Balaban J connectivity index is 2.27. The molecule has 0 aliphatic heterocycles. The SMILES string of the molecule is CCN(CCc1ccccc1)C(=O)c1ccc(C)c(S(=O)(=O)N(CC)CC)c1. The van der Waals surface area contributed by atoms with E-state index >= 15 is 0 Å². The van der Waals surface area contributed by atoms with Gasteiger partial charge in [-0.15, -0.1) is 0 Å². The van der Waals surface area contributed by atoms with Gasteiger partial charge in [0.2, 0.25) is 10.0 Å². The first-order valence-electron chi connectivity index (χ1n) is 9.79. The fraction of sp³-hybridized carbons (Fsp3) is 0.409. The van der Waals surface area contributed by atoms with Gasteiger partial charge in [-0.2, -0.15) is 4.31 Å². The summed E-state index contributed by atoms with van der Waals surface area (Å²) in [7, 11) is -3.61. The number of benzene rings is 2. The van der Waals surface area contributed by atoms with Gasteiger partial charge in [-0.25, -0.2) is 8.42 Å². The molecule has 0 aromatic heterocycles. The molecule has 5 nitrogen and oxygen atoms in total. The van der Waals surface area contributed by atoms with Gasteiger partial charge in [0.05, 0.1) is 4.90 Å². The molecular formula is C22H30N2O3S. The molecule has 2 rings (SSSR count). The predicted octanol–water partition coefficient (Wildman–Crippen LogP) is 3.73. The smallest absolute Gasteiger partial charge is 0.253 e. The van der Waals surface area contributed by atoms with Gasteiger partial charge in [-0.3, -0.25) is 4.79 Å². The van der Waals surface area contributed by atoms with Crippen molar-refractivity contribution in [1.82, 2.24) is 9.21 Å². The van der Waals surface area contributed by atoms with E-state index in [4.69, 9.17) is 0 Å². The van der Waals surface area contributed by atoms with Crippen LogP contribution in [0.25, 0.3) is 0 Å². The number of rotatable bonds is 9. The molecule has 0 atom stereocenters. The van der Waals surface area contributed by atoms with E-state index in [9.17, 15) is 13.2 Å². The molecule has 2 aromatic carbocycles. The van der Waals surface area contributed by atoms with Gasteiger partial charge in [-0.1, -0.05) is 50.2 Å².